The van der Waals surface area contributed by atoms with Crippen LogP contribution in [0.4, 0.5) is 0 Å². The molecule has 1 aliphatic rings. The third-order valence-corrected chi connectivity index (χ3v) is 7.30. The zero-order chi connectivity index (χ0) is 32.7. The summed E-state index contributed by atoms with van der Waals surface area (Å²) in [6, 6.07) is 15.9. The first-order valence-electron chi connectivity index (χ1n) is 14.8. The van der Waals surface area contributed by atoms with Crippen molar-refractivity contribution in [1.82, 2.24) is 0 Å². The molecule has 1 aliphatic carbocycles. The van der Waals surface area contributed by atoms with Crippen molar-refractivity contribution in [1.29, 1.82) is 0 Å². The van der Waals surface area contributed by atoms with Crippen molar-refractivity contribution in [2.75, 3.05) is 67.1 Å². The smallest absolute Gasteiger partial charge is 0.119 e. The van der Waals surface area contributed by atoms with Crippen LogP contribution in [0.5, 0.6) is 11.5 Å². The van der Waals surface area contributed by atoms with Gasteiger partial charge >= 0.3 is 0 Å². The molecule has 1 saturated carbocycles. The van der Waals surface area contributed by atoms with Gasteiger partial charge in [0.05, 0.1) is 45.1 Å². The van der Waals surface area contributed by atoms with Crippen LogP contribution in [0.25, 0.3) is 0 Å². The highest BCUT2D eigenvalue weighted by Gasteiger charge is 2.49. The first kappa shape index (κ1) is 35.7. The highest BCUT2D eigenvalue weighted by atomic mass is 16.5. The van der Waals surface area contributed by atoms with E-state index in [9.17, 15) is 10.2 Å². The standard InChI is InChI=1S/C37H46O8/c1-7-9-35-27(3)28(4)36(10-8-2)37(35,29-11-15-33(16-12-29)44-21-19-42-25-31(38)23-40-5)30-13-17-34(18-14-30)45-22-20-43-26-32(39)24-41-6/h7-18,31-32,38-39H,1-4,19-26H2,5-6H3/b35-9+,36-10+. The van der Waals surface area contributed by atoms with Crippen molar-refractivity contribution in [3.05, 3.63) is 133 Å². The first-order chi connectivity index (χ1) is 21.8. The maximum atomic E-state index is 9.73. The fourth-order valence-electron chi connectivity index (χ4n) is 5.36. The molecule has 2 atom stereocenters. The predicted molar refractivity (Wildman–Crippen MR) is 177 cm³/mol. The Morgan fingerprint density at radius 2 is 1.00 bits per heavy atom. The van der Waals surface area contributed by atoms with Gasteiger partial charge in [-0.1, -0.05) is 74.9 Å². The molecular formula is C37H46O8. The molecule has 0 saturated heterocycles. The molecular weight excluding hydrogens is 572 g/mol. The molecule has 0 amide bonds. The number of rotatable bonds is 20. The molecule has 0 aliphatic heterocycles. The summed E-state index contributed by atoms with van der Waals surface area (Å²) in [7, 11) is 3.07. The Kier molecular flexibility index (Phi) is 14.5. The van der Waals surface area contributed by atoms with Crippen LogP contribution in [0, 0.1) is 0 Å². The van der Waals surface area contributed by atoms with Gasteiger partial charge in [-0.15, -0.1) is 0 Å². The number of allylic oxidation sites excluding steroid dienone is 8. The van der Waals surface area contributed by atoms with Crippen LogP contribution in [0.1, 0.15) is 11.1 Å². The predicted octanol–water partition coefficient (Wildman–Crippen LogP) is 5.13. The summed E-state index contributed by atoms with van der Waals surface area (Å²) in [5.41, 5.74) is 4.81. The molecule has 2 N–H and O–H groups in total. The summed E-state index contributed by atoms with van der Waals surface area (Å²) in [6.45, 7) is 18.9. The van der Waals surface area contributed by atoms with E-state index >= 15 is 0 Å². The van der Waals surface area contributed by atoms with Crippen molar-refractivity contribution in [2.24, 2.45) is 0 Å². The third kappa shape index (κ3) is 9.14. The molecule has 0 spiro atoms. The molecule has 8 heteroatoms. The van der Waals surface area contributed by atoms with Crippen LogP contribution in [0.3, 0.4) is 0 Å². The number of aliphatic hydroxyl groups is 2. The van der Waals surface area contributed by atoms with Gasteiger partial charge in [-0.3, -0.25) is 0 Å². The highest BCUT2D eigenvalue weighted by Crippen LogP contribution is 2.57. The van der Waals surface area contributed by atoms with Gasteiger partial charge in [0.25, 0.3) is 0 Å². The van der Waals surface area contributed by atoms with E-state index in [1.165, 1.54) is 14.2 Å². The van der Waals surface area contributed by atoms with Crippen molar-refractivity contribution in [3.63, 3.8) is 0 Å². The molecule has 8 nitrogen and oxygen atoms in total. The van der Waals surface area contributed by atoms with Gasteiger partial charge in [0.2, 0.25) is 0 Å². The van der Waals surface area contributed by atoms with Gasteiger partial charge in [0, 0.05) is 14.2 Å². The van der Waals surface area contributed by atoms with Crippen LogP contribution < -0.4 is 9.47 Å². The fraction of sp³-hybridized carbons (Fsp3) is 0.351. The van der Waals surface area contributed by atoms with E-state index in [0.29, 0.717) is 37.9 Å². The molecule has 2 aromatic rings. The Labute approximate surface area is 267 Å². The Morgan fingerprint density at radius 1 is 0.622 bits per heavy atom. The lowest BCUT2D eigenvalue weighted by Crippen LogP contribution is -2.28. The summed E-state index contributed by atoms with van der Waals surface area (Å²) in [5.74, 6) is 1.38. The van der Waals surface area contributed by atoms with Crippen LogP contribution in [0.15, 0.2) is 121 Å². The van der Waals surface area contributed by atoms with Crippen LogP contribution in [-0.4, -0.2) is 89.5 Å². The van der Waals surface area contributed by atoms with E-state index in [4.69, 9.17) is 28.4 Å². The number of hydrogen-bond acceptors (Lipinski definition) is 8. The molecule has 1 fully saturated rings. The lowest BCUT2D eigenvalue weighted by atomic mass is 9.67. The van der Waals surface area contributed by atoms with Gasteiger partial charge in [-0.2, -0.15) is 0 Å². The highest BCUT2D eigenvalue weighted by molar-refractivity contribution is 5.79. The summed E-state index contributed by atoms with van der Waals surface area (Å²) >= 11 is 0. The molecule has 2 aromatic carbocycles. The Morgan fingerprint density at radius 3 is 1.33 bits per heavy atom. The lowest BCUT2D eigenvalue weighted by Gasteiger charge is -2.34. The molecule has 45 heavy (non-hydrogen) atoms. The Balaban J connectivity index is 1.86. The minimum Gasteiger partial charge on any atom is -0.491 e. The number of ether oxygens (including phenoxy) is 6. The van der Waals surface area contributed by atoms with Crippen molar-refractivity contribution in [3.8, 4) is 11.5 Å². The largest absolute Gasteiger partial charge is 0.491 e. The molecule has 0 heterocycles. The normalized spacial score (nSPS) is 17.4. The van der Waals surface area contributed by atoms with Gasteiger partial charge in [-0.05, 0) is 57.7 Å². The second-order valence-corrected chi connectivity index (χ2v) is 10.5. The van der Waals surface area contributed by atoms with Crippen LogP contribution >= 0.6 is 0 Å². The van der Waals surface area contributed by atoms with Crippen molar-refractivity contribution >= 4 is 0 Å². The fourth-order valence-corrected chi connectivity index (χ4v) is 5.36. The molecule has 0 bridgehead atoms. The number of hydrogen-bond donors (Lipinski definition) is 2. The van der Waals surface area contributed by atoms with Gasteiger partial charge in [-0.25, -0.2) is 0 Å². The minimum absolute atomic E-state index is 0.180. The summed E-state index contributed by atoms with van der Waals surface area (Å²) < 4.78 is 32.6. The number of benzene rings is 2. The van der Waals surface area contributed by atoms with Crippen molar-refractivity contribution in [2.45, 2.75) is 17.6 Å². The Bertz CT molecular complexity index is 1220. The van der Waals surface area contributed by atoms with Crippen LogP contribution in [-0.2, 0) is 24.4 Å². The lowest BCUT2D eigenvalue weighted by molar-refractivity contribution is -0.0122. The second kappa shape index (κ2) is 18.3. The maximum absolute atomic E-state index is 9.73. The molecule has 0 radical (unpaired) electrons. The third-order valence-electron chi connectivity index (χ3n) is 7.30. The number of aliphatic hydroxyl groups excluding tert-OH is 2. The minimum atomic E-state index is -0.741. The summed E-state index contributed by atoms with van der Waals surface area (Å²) in [5, 5.41) is 19.5. The zero-order valence-electron chi connectivity index (χ0n) is 26.4. The summed E-state index contributed by atoms with van der Waals surface area (Å²) in [6.07, 6.45) is 6.16. The van der Waals surface area contributed by atoms with E-state index in [-0.39, 0.29) is 26.4 Å². The second-order valence-electron chi connectivity index (χ2n) is 10.5. The van der Waals surface area contributed by atoms with Gasteiger partial charge < -0.3 is 38.6 Å². The van der Waals surface area contributed by atoms with Gasteiger partial charge in [0.15, 0.2) is 0 Å². The summed E-state index contributed by atoms with van der Waals surface area (Å²) in [4.78, 5) is 0. The molecule has 2 unspecified atom stereocenters. The topological polar surface area (TPSA) is 95.8 Å². The quantitative estimate of drug-likeness (QED) is 0.197. The zero-order valence-corrected chi connectivity index (χ0v) is 26.4. The van der Waals surface area contributed by atoms with Gasteiger partial charge in [0.1, 0.15) is 36.9 Å². The average molecular weight is 619 g/mol. The van der Waals surface area contributed by atoms with Crippen molar-refractivity contribution < 1.29 is 38.6 Å². The van der Waals surface area contributed by atoms with E-state index in [1.54, 1.807) is 12.2 Å². The SMILES string of the molecule is C=C/C=C1\C(=C)C(=C)/C(=C\C=C)C1(c1ccc(OCCOCC(O)COC)cc1)c1ccc(OCCOCC(O)COC)cc1. The monoisotopic (exact) mass is 618 g/mol. The maximum Gasteiger partial charge on any atom is 0.119 e. The van der Waals surface area contributed by atoms with E-state index in [2.05, 4.69) is 26.3 Å². The average Bonchev–Trinajstić information content (AvgIpc) is 3.24. The molecule has 0 aromatic heterocycles. The Hall–Kier alpha value is -3.76. The molecule has 242 valence electrons. The molecule has 3 rings (SSSR count). The van der Waals surface area contributed by atoms with E-state index in [0.717, 1.165) is 33.4 Å². The van der Waals surface area contributed by atoms with Crippen LogP contribution in [0.2, 0.25) is 0 Å². The number of methoxy groups -OCH3 is 2. The van der Waals surface area contributed by atoms with E-state index in [1.807, 2.05) is 60.7 Å². The van der Waals surface area contributed by atoms with E-state index < -0.39 is 17.6 Å². The first-order valence-corrected chi connectivity index (χ1v) is 14.8.